The van der Waals surface area contributed by atoms with Crippen molar-refractivity contribution in [1.82, 2.24) is 4.98 Å². The van der Waals surface area contributed by atoms with E-state index in [1.807, 2.05) is 48.5 Å². The van der Waals surface area contributed by atoms with Crippen LogP contribution in [0, 0.1) is 0 Å². The molecule has 1 aliphatic rings. The molecule has 2 aromatic rings. The Morgan fingerprint density at radius 1 is 1.20 bits per heavy atom. The number of carbonyl (C=O) groups is 1. The van der Waals surface area contributed by atoms with Crippen molar-refractivity contribution in [2.24, 2.45) is 0 Å². The maximum atomic E-state index is 12.2. The summed E-state index contributed by atoms with van der Waals surface area (Å²) in [5, 5.41) is 2.99. The van der Waals surface area contributed by atoms with Crippen LogP contribution in [0.4, 0.5) is 11.5 Å². The lowest BCUT2D eigenvalue weighted by molar-refractivity contribution is -0.119. The number of amides is 1. The van der Waals surface area contributed by atoms with E-state index in [0.717, 1.165) is 23.5 Å². The zero-order chi connectivity index (χ0) is 13.9. The minimum Gasteiger partial charge on any atom is -0.373 e. The van der Waals surface area contributed by atoms with E-state index in [1.165, 1.54) is 5.56 Å². The average molecular weight is 267 g/mol. The predicted molar refractivity (Wildman–Crippen MR) is 79.7 cm³/mol. The molecular formula is C16H17N3O. The third-order valence-corrected chi connectivity index (χ3v) is 3.61. The van der Waals surface area contributed by atoms with Gasteiger partial charge in [0.15, 0.2) is 0 Å². The zero-order valence-corrected chi connectivity index (χ0v) is 11.5. The number of anilines is 2. The van der Waals surface area contributed by atoms with Crippen molar-refractivity contribution < 1.29 is 4.79 Å². The van der Waals surface area contributed by atoms with Gasteiger partial charge in [0.2, 0.25) is 5.91 Å². The summed E-state index contributed by atoms with van der Waals surface area (Å²) in [6, 6.07) is 12.0. The van der Waals surface area contributed by atoms with Crippen LogP contribution in [-0.2, 0) is 17.8 Å². The van der Waals surface area contributed by atoms with Crippen molar-refractivity contribution in [3.63, 3.8) is 0 Å². The van der Waals surface area contributed by atoms with Gasteiger partial charge < -0.3 is 10.2 Å². The van der Waals surface area contributed by atoms with Gasteiger partial charge in [-0.25, -0.2) is 4.98 Å². The summed E-state index contributed by atoms with van der Waals surface area (Å²) in [6.07, 6.45) is 3.23. The van der Waals surface area contributed by atoms with Crippen LogP contribution >= 0.6 is 0 Å². The van der Waals surface area contributed by atoms with Crippen molar-refractivity contribution in [3.8, 4) is 0 Å². The maximum Gasteiger partial charge on any atom is 0.227 e. The van der Waals surface area contributed by atoms with Gasteiger partial charge in [0, 0.05) is 25.4 Å². The first-order valence-electron chi connectivity index (χ1n) is 6.79. The second-order valence-corrected chi connectivity index (χ2v) is 4.91. The van der Waals surface area contributed by atoms with E-state index in [4.69, 9.17) is 0 Å². The average Bonchev–Trinajstić information content (AvgIpc) is 2.51. The fourth-order valence-electron chi connectivity index (χ4n) is 2.52. The van der Waals surface area contributed by atoms with E-state index in [9.17, 15) is 4.79 Å². The van der Waals surface area contributed by atoms with Crippen LogP contribution in [0.15, 0.2) is 42.6 Å². The van der Waals surface area contributed by atoms with Crippen molar-refractivity contribution in [2.45, 2.75) is 19.4 Å². The van der Waals surface area contributed by atoms with E-state index < -0.39 is 0 Å². The Morgan fingerprint density at radius 2 is 2.05 bits per heavy atom. The summed E-state index contributed by atoms with van der Waals surface area (Å²) in [4.78, 5) is 18.3. The summed E-state index contributed by atoms with van der Waals surface area (Å²) in [5.74, 6) is 1.01. The lowest BCUT2D eigenvalue weighted by atomic mass is 10.0. The number of benzene rings is 1. The van der Waals surface area contributed by atoms with Crippen LogP contribution in [0.2, 0.25) is 0 Å². The highest BCUT2D eigenvalue weighted by atomic mass is 16.2. The molecular weight excluding hydrogens is 250 g/mol. The SMILES string of the molecule is CNc1ccc(CN2C(=O)CCc3ccccc32)cn1. The molecule has 0 bridgehead atoms. The lowest BCUT2D eigenvalue weighted by Gasteiger charge is -2.29. The van der Waals surface area contributed by atoms with Crippen molar-refractivity contribution in [3.05, 3.63) is 53.7 Å². The molecule has 102 valence electrons. The fraction of sp³-hybridized carbons (Fsp3) is 0.250. The Labute approximate surface area is 118 Å². The van der Waals surface area contributed by atoms with Gasteiger partial charge in [-0.15, -0.1) is 0 Å². The normalized spacial score (nSPS) is 14.1. The number of para-hydroxylation sites is 1. The van der Waals surface area contributed by atoms with E-state index >= 15 is 0 Å². The topological polar surface area (TPSA) is 45.2 Å². The molecule has 0 radical (unpaired) electrons. The number of hydrogen-bond acceptors (Lipinski definition) is 3. The Morgan fingerprint density at radius 3 is 2.80 bits per heavy atom. The molecule has 0 saturated heterocycles. The number of carbonyl (C=O) groups excluding carboxylic acids is 1. The van der Waals surface area contributed by atoms with E-state index in [2.05, 4.69) is 16.4 Å². The Bertz CT molecular complexity index is 622. The first-order chi connectivity index (χ1) is 9.78. The highest BCUT2D eigenvalue weighted by Gasteiger charge is 2.23. The molecule has 20 heavy (non-hydrogen) atoms. The predicted octanol–water partition coefficient (Wildman–Crippen LogP) is 2.60. The first-order valence-corrected chi connectivity index (χ1v) is 6.79. The minimum absolute atomic E-state index is 0.182. The third kappa shape index (κ3) is 2.37. The standard InChI is InChI=1S/C16H17N3O/c1-17-15-8-6-12(10-18-15)11-19-14-5-3-2-4-13(14)7-9-16(19)20/h2-6,8,10H,7,9,11H2,1H3,(H,17,18). The lowest BCUT2D eigenvalue weighted by Crippen LogP contribution is -2.34. The first kappa shape index (κ1) is 12.7. The van der Waals surface area contributed by atoms with Crippen molar-refractivity contribution in [2.75, 3.05) is 17.3 Å². The highest BCUT2D eigenvalue weighted by Crippen LogP contribution is 2.28. The van der Waals surface area contributed by atoms with Crippen LogP contribution in [-0.4, -0.2) is 17.9 Å². The largest absolute Gasteiger partial charge is 0.373 e. The van der Waals surface area contributed by atoms with Gasteiger partial charge in [-0.3, -0.25) is 4.79 Å². The zero-order valence-electron chi connectivity index (χ0n) is 11.5. The third-order valence-electron chi connectivity index (χ3n) is 3.61. The maximum absolute atomic E-state index is 12.2. The van der Waals surface area contributed by atoms with E-state index in [1.54, 1.807) is 0 Å². The van der Waals surface area contributed by atoms with Crippen LogP contribution < -0.4 is 10.2 Å². The molecule has 4 nitrogen and oxygen atoms in total. The molecule has 0 spiro atoms. The number of nitrogens with zero attached hydrogens (tertiary/aromatic N) is 2. The molecule has 1 N–H and O–H groups in total. The summed E-state index contributed by atoms with van der Waals surface area (Å²) in [7, 11) is 1.84. The summed E-state index contributed by atoms with van der Waals surface area (Å²) in [5.41, 5.74) is 3.31. The molecule has 1 aliphatic heterocycles. The van der Waals surface area contributed by atoms with Gasteiger partial charge in [0.25, 0.3) is 0 Å². The van der Waals surface area contributed by atoms with Gasteiger partial charge in [0.05, 0.1) is 6.54 Å². The van der Waals surface area contributed by atoms with Crippen molar-refractivity contribution >= 4 is 17.4 Å². The molecule has 0 unspecified atom stereocenters. The summed E-state index contributed by atoms with van der Waals surface area (Å²) in [6.45, 7) is 0.576. The van der Waals surface area contributed by atoms with Crippen LogP contribution in [0.3, 0.4) is 0 Å². The van der Waals surface area contributed by atoms with Crippen LogP contribution in [0.5, 0.6) is 0 Å². The van der Waals surface area contributed by atoms with Crippen molar-refractivity contribution in [1.29, 1.82) is 0 Å². The molecule has 1 aromatic carbocycles. The monoisotopic (exact) mass is 267 g/mol. The highest BCUT2D eigenvalue weighted by molar-refractivity contribution is 5.96. The second-order valence-electron chi connectivity index (χ2n) is 4.91. The number of hydrogen-bond donors (Lipinski definition) is 1. The number of fused-ring (bicyclic) bond motifs is 1. The molecule has 0 aliphatic carbocycles. The molecule has 0 saturated carbocycles. The number of aryl methyl sites for hydroxylation is 1. The van der Waals surface area contributed by atoms with Crippen LogP contribution in [0.1, 0.15) is 17.5 Å². The molecule has 1 aromatic heterocycles. The quantitative estimate of drug-likeness (QED) is 0.929. The molecule has 4 heteroatoms. The molecule has 2 heterocycles. The molecule has 1 amide bonds. The molecule has 0 fully saturated rings. The number of aromatic nitrogens is 1. The van der Waals surface area contributed by atoms with Gasteiger partial charge in [0.1, 0.15) is 5.82 Å². The van der Waals surface area contributed by atoms with E-state index in [0.29, 0.717) is 13.0 Å². The van der Waals surface area contributed by atoms with E-state index in [-0.39, 0.29) is 5.91 Å². The Hall–Kier alpha value is -2.36. The summed E-state index contributed by atoms with van der Waals surface area (Å²) < 4.78 is 0. The Kier molecular flexibility index (Phi) is 3.37. The van der Waals surface area contributed by atoms with Gasteiger partial charge >= 0.3 is 0 Å². The number of rotatable bonds is 3. The minimum atomic E-state index is 0.182. The number of pyridine rings is 1. The van der Waals surface area contributed by atoms with Gasteiger partial charge in [-0.1, -0.05) is 24.3 Å². The second kappa shape index (κ2) is 5.33. The molecule has 3 rings (SSSR count). The number of nitrogens with one attached hydrogen (secondary N) is 1. The fourth-order valence-corrected chi connectivity index (χ4v) is 2.52. The van der Waals surface area contributed by atoms with Gasteiger partial charge in [-0.05, 0) is 29.7 Å². The van der Waals surface area contributed by atoms with Crippen LogP contribution in [0.25, 0.3) is 0 Å². The smallest absolute Gasteiger partial charge is 0.227 e. The summed E-state index contributed by atoms with van der Waals surface area (Å²) >= 11 is 0. The Balaban J connectivity index is 1.87. The van der Waals surface area contributed by atoms with Gasteiger partial charge in [-0.2, -0.15) is 0 Å². The molecule has 0 atom stereocenters.